The Kier molecular flexibility index (Phi) is 4.10. The lowest BCUT2D eigenvalue weighted by molar-refractivity contribution is 0.0696. The normalized spacial score (nSPS) is 10.2. The molecule has 6 heteroatoms. The topological polar surface area (TPSA) is 68.7 Å². The van der Waals surface area contributed by atoms with Crippen LogP contribution in [0, 0.1) is 0 Å². The molecular formula is C14H12ClNO4. The minimum absolute atomic E-state index is 0.0401. The number of pyridine rings is 1. The van der Waals surface area contributed by atoms with E-state index < -0.39 is 5.97 Å². The standard InChI is InChI=1S/C14H12ClNO4/c1-19-11-4-3-8(6-12(11)20-2)9-5-10(14(17)18)13(15)16-7-9/h3-7H,1-2H3,(H,17,18). The highest BCUT2D eigenvalue weighted by atomic mass is 35.5. The number of aromatic carboxylic acids is 1. The van der Waals surface area contributed by atoms with E-state index in [1.54, 1.807) is 25.3 Å². The third-order valence-electron chi connectivity index (χ3n) is 2.79. The van der Waals surface area contributed by atoms with Crippen LogP contribution in [0.4, 0.5) is 0 Å². The summed E-state index contributed by atoms with van der Waals surface area (Å²) in [6.07, 6.45) is 1.51. The number of rotatable bonds is 4. The maximum absolute atomic E-state index is 11.1. The predicted molar refractivity (Wildman–Crippen MR) is 74.7 cm³/mol. The van der Waals surface area contributed by atoms with Gasteiger partial charge in [0.25, 0.3) is 0 Å². The fourth-order valence-corrected chi connectivity index (χ4v) is 1.96. The fourth-order valence-electron chi connectivity index (χ4n) is 1.77. The first kappa shape index (κ1) is 14.1. The summed E-state index contributed by atoms with van der Waals surface area (Å²) in [5.41, 5.74) is 1.35. The van der Waals surface area contributed by atoms with E-state index in [-0.39, 0.29) is 10.7 Å². The summed E-state index contributed by atoms with van der Waals surface area (Å²) in [6, 6.07) is 6.75. The Morgan fingerprint density at radius 2 is 1.85 bits per heavy atom. The molecule has 0 aliphatic heterocycles. The molecule has 5 nitrogen and oxygen atoms in total. The maximum atomic E-state index is 11.1. The van der Waals surface area contributed by atoms with Crippen molar-refractivity contribution in [3.63, 3.8) is 0 Å². The number of hydrogen-bond acceptors (Lipinski definition) is 4. The number of nitrogens with zero attached hydrogens (tertiary/aromatic N) is 1. The van der Waals surface area contributed by atoms with Gasteiger partial charge in [0.15, 0.2) is 11.5 Å². The number of benzene rings is 1. The Morgan fingerprint density at radius 3 is 2.45 bits per heavy atom. The van der Waals surface area contributed by atoms with E-state index in [0.717, 1.165) is 5.56 Å². The number of aromatic nitrogens is 1. The van der Waals surface area contributed by atoms with Gasteiger partial charge in [-0.2, -0.15) is 0 Å². The third kappa shape index (κ3) is 2.67. The molecule has 0 atom stereocenters. The van der Waals surface area contributed by atoms with Gasteiger partial charge in [0, 0.05) is 11.8 Å². The molecule has 1 heterocycles. The van der Waals surface area contributed by atoms with Crippen LogP contribution < -0.4 is 9.47 Å². The number of carboxylic acids is 1. The van der Waals surface area contributed by atoms with E-state index in [1.165, 1.54) is 19.4 Å². The SMILES string of the molecule is COc1ccc(-c2cnc(Cl)c(C(=O)O)c2)cc1OC. The molecule has 0 fully saturated rings. The zero-order valence-corrected chi connectivity index (χ0v) is 11.6. The van der Waals surface area contributed by atoms with Crippen molar-refractivity contribution in [1.82, 2.24) is 4.98 Å². The molecule has 0 saturated heterocycles. The number of carbonyl (C=O) groups is 1. The Labute approximate surface area is 120 Å². The zero-order chi connectivity index (χ0) is 14.7. The van der Waals surface area contributed by atoms with Crippen LogP contribution in [0.3, 0.4) is 0 Å². The monoisotopic (exact) mass is 293 g/mol. The zero-order valence-electron chi connectivity index (χ0n) is 10.9. The van der Waals surface area contributed by atoms with Gasteiger partial charge in [0.2, 0.25) is 0 Å². The highest BCUT2D eigenvalue weighted by Gasteiger charge is 2.13. The summed E-state index contributed by atoms with van der Waals surface area (Å²) in [5.74, 6) is 0.0262. The number of carboxylic acid groups (broad SMARTS) is 1. The Bertz CT molecular complexity index is 658. The molecule has 0 radical (unpaired) electrons. The predicted octanol–water partition coefficient (Wildman–Crippen LogP) is 3.12. The summed E-state index contributed by atoms with van der Waals surface area (Å²) in [5, 5.41) is 9.01. The Hall–Kier alpha value is -2.27. The van der Waals surface area contributed by atoms with Gasteiger partial charge in [-0.05, 0) is 23.8 Å². The summed E-state index contributed by atoms with van der Waals surface area (Å²) in [7, 11) is 3.08. The lowest BCUT2D eigenvalue weighted by Crippen LogP contribution is -1.99. The number of halogens is 1. The van der Waals surface area contributed by atoms with Crippen molar-refractivity contribution in [3.8, 4) is 22.6 Å². The molecule has 0 unspecified atom stereocenters. The lowest BCUT2D eigenvalue weighted by Gasteiger charge is -2.10. The number of hydrogen-bond donors (Lipinski definition) is 1. The van der Waals surface area contributed by atoms with Crippen molar-refractivity contribution in [2.45, 2.75) is 0 Å². The van der Waals surface area contributed by atoms with E-state index in [2.05, 4.69) is 4.98 Å². The first-order chi connectivity index (χ1) is 9.56. The van der Waals surface area contributed by atoms with Crippen molar-refractivity contribution < 1.29 is 19.4 Å². The average Bonchev–Trinajstić information content (AvgIpc) is 2.46. The molecule has 0 spiro atoms. The molecule has 104 valence electrons. The molecule has 1 aromatic carbocycles. The number of ether oxygens (including phenoxy) is 2. The molecule has 1 N–H and O–H groups in total. The van der Waals surface area contributed by atoms with Gasteiger partial charge in [0.05, 0.1) is 19.8 Å². The van der Waals surface area contributed by atoms with Crippen molar-refractivity contribution in [2.75, 3.05) is 14.2 Å². The fraction of sp³-hybridized carbons (Fsp3) is 0.143. The van der Waals surface area contributed by atoms with E-state index in [0.29, 0.717) is 17.1 Å². The molecule has 0 bridgehead atoms. The van der Waals surface area contributed by atoms with Crippen LogP contribution in [0.15, 0.2) is 30.5 Å². The van der Waals surface area contributed by atoms with Crippen LogP contribution in [0.25, 0.3) is 11.1 Å². The van der Waals surface area contributed by atoms with E-state index in [9.17, 15) is 4.79 Å². The maximum Gasteiger partial charge on any atom is 0.338 e. The molecule has 0 saturated carbocycles. The van der Waals surface area contributed by atoms with Gasteiger partial charge in [-0.15, -0.1) is 0 Å². The van der Waals surface area contributed by atoms with Gasteiger partial charge >= 0.3 is 5.97 Å². The van der Waals surface area contributed by atoms with Crippen LogP contribution >= 0.6 is 11.6 Å². The number of methoxy groups -OCH3 is 2. The quantitative estimate of drug-likeness (QED) is 0.877. The van der Waals surface area contributed by atoms with E-state index >= 15 is 0 Å². The highest BCUT2D eigenvalue weighted by Crippen LogP contribution is 2.32. The van der Waals surface area contributed by atoms with Crippen LogP contribution in [0.1, 0.15) is 10.4 Å². The first-order valence-corrected chi connectivity index (χ1v) is 6.06. The molecule has 2 aromatic rings. The lowest BCUT2D eigenvalue weighted by atomic mass is 10.1. The van der Waals surface area contributed by atoms with Crippen molar-refractivity contribution in [3.05, 3.63) is 41.2 Å². The average molecular weight is 294 g/mol. The van der Waals surface area contributed by atoms with Crippen LogP contribution in [-0.4, -0.2) is 30.3 Å². The highest BCUT2D eigenvalue weighted by molar-refractivity contribution is 6.32. The molecule has 0 amide bonds. The van der Waals surface area contributed by atoms with Gasteiger partial charge in [-0.25, -0.2) is 9.78 Å². The molecule has 1 aromatic heterocycles. The first-order valence-electron chi connectivity index (χ1n) is 5.68. The second kappa shape index (κ2) is 5.79. The Morgan fingerprint density at radius 1 is 1.15 bits per heavy atom. The van der Waals surface area contributed by atoms with Crippen LogP contribution in [0.5, 0.6) is 11.5 Å². The van der Waals surface area contributed by atoms with Gasteiger partial charge in [-0.1, -0.05) is 17.7 Å². The largest absolute Gasteiger partial charge is 0.493 e. The second-order valence-electron chi connectivity index (χ2n) is 3.94. The van der Waals surface area contributed by atoms with Crippen molar-refractivity contribution >= 4 is 17.6 Å². The second-order valence-corrected chi connectivity index (χ2v) is 4.30. The molecule has 0 aliphatic rings. The summed E-state index contributed by atoms with van der Waals surface area (Å²) in [6.45, 7) is 0. The van der Waals surface area contributed by atoms with Gasteiger partial charge in [-0.3, -0.25) is 0 Å². The minimum Gasteiger partial charge on any atom is -0.493 e. The third-order valence-corrected chi connectivity index (χ3v) is 3.09. The van der Waals surface area contributed by atoms with Crippen molar-refractivity contribution in [2.24, 2.45) is 0 Å². The van der Waals surface area contributed by atoms with E-state index in [1.807, 2.05) is 0 Å². The molecular weight excluding hydrogens is 282 g/mol. The smallest absolute Gasteiger partial charge is 0.338 e. The van der Waals surface area contributed by atoms with Crippen LogP contribution in [-0.2, 0) is 0 Å². The van der Waals surface area contributed by atoms with Crippen molar-refractivity contribution in [1.29, 1.82) is 0 Å². The van der Waals surface area contributed by atoms with Gasteiger partial charge in [0.1, 0.15) is 5.15 Å². The van der Waals surface area contributed by atoms with E-state index in [4.69, 9.17) is 26.2 Å². The summed E-state index contributed by atoms with van der Waals surface area (Å²) >= 11 is 5.75. The van der Waals surface area contributed by atoms with Crippen LogP contribution in [0.2, 0.25) is 5.15 Å². The molecule has 2 rings (SSSR count). The minimum atomic E-state index is -1.12. The Balaban J connectivity index is 2.51. The van der Waals surface area contributed by atoms with Gasteiger partial charge < -0.3 is 14.6 Å². The molecule has 0 aliphatic carbocycles. The molecule has 20 heavy (non-hydrogen) atoms. The summed E-state index contributed by atoms with van der Waals surface area (Å²) < 4.78 is 10.4. The summed E-state index contributed by atoms with van der Waals surface area (Å²) in [4.78, 5) is 14.9.